The van der Waals surface area contributed by atoms with E-state index in [9.17, 15) is 5.11 Å². The molecule has 0 aliphatic carbocycles. The van der Waals surface area contributed by atoms with Crippen molar-refractivity contribution in [3.63, 3.8) is 0 Å². The fraction of sp³-hybridized carbons (Fsp3) is 0.294. The normalized spacial score (nSPS) is 11.8. The summed E-state index contributed by atoms with van der Waals surface area (Å²) in [5.74, 6) is 2.02. The topological polar surface area (TPSA) is 47.9 Å². The lowest BCUT2D eigenvalue weighted by Gasteiger charge is -2.14. The molecule has 2 aromatic rings. The monoisotopic (exact) mass is 288 g/mol. The van der Waals surface area contributed by atoms with Crippen LogP contribution in [-0.4, -0.2) is 19.3 Å². The molecule has 0 fully saturated rings. The lowest BCUT2D eigenvalue weighted by Crippen LogP contribution is -2.01. The number of aliphatic hydroxyl groups excluding tert-OH is 1. The van der Waals surface area contributed by atoms with Crippen LogP contribution < -0.4 is 14.2 Å². The van der Waals surface area contributed by atoms with Crippen LogP contribution in [0, 0.1) is 0 Å². The molecule has 0 aliphatic rings. The SMILES string of the molecule is COc1ccccc1COc1ccc([C@H](C)O)cc1OC. The van der Waals surface area contributed by atoms with Crippen LogP contribution in [0.2, 0.25) is 0 Å². The van der Waals surface area contributed by atoms with E-state index in [0.717, 1.165) is 16.9 Å². The van der Waals surface area contributed by atoms with Gasteiger partial charge in [0.05, 0.1) is 20.3 Å². The van der Waals surface area contributed by atoms with Crippen molar-refractivity contribution in [1.82, 2.24) is 0 Å². The first kappa shape index (κ1) is 15.2. The van der Waals surface area contributed by atoms with Crippen molar-refractivity contribution in [1.29, 1.82) is 0 Å². The maximum absolute atomic E-state index is 9.60. The van der Waals surface area contributed by atoms with Crippen LogP contribution in [-0.2, 0) is 6.61 Å². The van der Waals surface area contributed by atoms with Gasteiger partial charge in [-0.05, 0) is 30.7 Å². The smallest absolute Gasteiger partial charge is 0.161 e. The van der Waals surface area contributed by atoms with E-state index in [-0.39, 0.29) is 0 Å². The average Bonchev–Trinajstić information content (AvgIpc) is 2.52. The Morgan fingerprint density at radius 3 is 2.33 bits per heavy atom. The summed E-state index contributed by atoms with van der Waals surface area (Å²) in [4.78, 5) is 0. The summed E-state index contributed by atoms with van der Waals surface area (Å²) in [5.41, 5.74) is 1.75. The second-order valence-electron chi connectivity index (χ2n) is 4.69. The molecule has 1 atom stereocenters. The summed E-state index contributed by atoms with van der Waals surface area (Å²) in [6, 6.07) is 13.1. The van der Waals surface area contributed by atoms with Crippen LogP contribution in [0.3, 0.4) is 0 Å². The second kappa shape index (κ2) is 6.99. The van der Waals surface area contributed by atoms with E-state index in [4.69, 9.17) is 14.2 Å². The third-order valence-electron chi connectivity index (χ3n) is 3.25. The summed E-state index contributed by atoms with van der Waals surface area (Å²) in [6.45, 7) is 2.10. The van der Waals surface area contributed by atoms with Crippen LogP contribution in [0.4, 0.5) is 0 Å². The van der Waals surface area contributed by atoms with Crippen molar-refractivity contribution in [3.8, 4) is 17.2 Å². The van der Waals surface area contributed by atoms with Gasteiger partial charge in [0.2, 0.25) is 0 Å². The van der Waals surface area contributed by atoms with Gasteiger partial charge in [0.25, 0.3) is 0 Å². The Kier molecular flexibility index (Phi) is 5.06. The zero-order valence-electron chi connectivity index (χ0n) is 12.5. The minimum atomic E-state index is -0.540. The maximum Gasteiger partial charge on any atom is 0.161 e. The summed E-state index contributed by atoms with van der Waals surface area (Å²) >= 11 is 0. The number of aliphatic hydroxyl groups is 1. The van der Waals surface area contributed by atoms with Crippen LogP contribution in [0.25, 0.3) is 0 Å². The third-order valence-corrected chi connectivity index (χ3v) is 3.25. The van der Waals surface area contributed by atoms with Crippen molar-refractivity contribution in [2.75, 3.05) is 14.2 Å². The van der Waals surface area contributed by atoms with Crippen LogP contribution in [0.1, 0.15) is 24.2 Å². The first-order valence-electron chi connectivity index (χ1n) is 6.76. The van der Waals surface area contributed by atoms with E-state index in [1.54, 1.807) is 33.3 Å². The zero-order chi connectivity index (χ0) is 15.2. The van der Waals surface area contributed by atoms with Gasteiger partial charge in [0.15, 0.2) is 11.5 Å². The molecular formula is C17H20O4. The van der Waals surface area contributed by atoms with Crippen molar-refractivity contribution >= 4 is 0 Å². The Morgan fingerprint density at radius 2 is 1.67 bits per heavy atom. The maximum atomic E-state index is 9.60. The summed E-state index contributed by atoms with van der Waals surface area (Å²) < 4.78 is 16.4. The van der Waals surface area contributed by atoms with Gasteiger partial charge in [-0.25, -0.2) is 0 Å². The predicted molar refractivity (Wildman–Crippen MR) is 81.0 cm³/mol. The summed E-state index contributed by atoms with van der Waals surface area (Å²) in [7, 11) is 3.22. The van der Waals surface area contributed by atoms with Gasteiger partial charge >= 0.3 is 0 Å². The van der Waals surface area contributed by atoms with E-state index < -0.39 is 6.10 Å². The Balaban J connectivity index is 2.16. The highest BCUT2D eigenvalue weighted by Gasteiger charge is 2.10. The van der Waals surface area contributed by atoms with E-state index >= 15 is 0 Å². The largest absolute Gasteiger partial charge is 0.496 e. The first-order chi connectivity index (χ1) is 10.2. The molecule has 21 heavy (non-hydrogen) atoms. The lowest BCUT2D eigenvalue weighted by molar-refractivity contribution is 0.198. The number of para-hydroxylation sites is 1. The molecule has 4 heteroatoms. The summed E-state index contributed by atoms with van der Waals surface area (Å²) in [6.07, 6.45) is -0.540. The summed E-state index contributed by atoms with van der Waals surface area (Å²) in [5, 5.41) is 9.60. The van der Waals surface area contributed by atoms with Gasteiger partial charge < -0.3 is 19.3 Å². The van der Waals surface area contributed by atoms with Crippen LogP contribution in [0.5, 0.6) is 17.2 Å². The molecule has 0 spiro atoms. The molecule has 1 N–H and O–H groups in total. The van der Waals surface area contributed by atoms with Crippen molar-refractivity contribution in [3.05, 3.63) is 53.6 Å². The van der Waals surface area contributed by atoms with E-state index in [2.05, 4.69) is 0 Å². The van der Waals surface area contributed by atoms with Gasteiger partial charge in [0.1, 0.15) is 12.4 Å². The van der Waals surface area contributed by atoms with E-state index in [0.29, 0.717) is 18.1 Å². The predicted octanol–water partition coefficient (Wildman–Crippen LogP) is 3.34. The minimum absolute atomic E-state index is 0.383. The van der Waals surface area contributed by atoms with Crippen molar-refractivity contribution in [2.24, 2.45) is 0 Å². The lowest BCUT2D eigenvalue weighted by atomic mass is 10.1. The highest BCUT2D eigenvalue weighted by Crippen LogP contribution is 2.31. The van der Waals surface area contributed by atoms with Crippen molar-refractivity contribution < 1.29 is 19.3 Å². The molecule has 4 nitrogen and oxygen atoms in total. The highest BCUT2D eigenvalue weighted by molar-refractivity contribution is 5.44. The standard InChI is InChI=1S/C17H20O4/c1-12(18)13-8-9-16(17(10-13)20-3)21-11-14-6-4-5-7-15(14)19-2/h4-10,12,18H,11H2,1-3H3/t12-/m0/s1. The number of hydrogen-bond acceptors (Lipinski definition) is 4. The molecule has 0 bridgehead atoms. The van der Waals surface area contributed by atoms with Crippen LogP contribution >= 0.6 is 0 Å². The number of rotatable bonds is 6. The van der Waals surface area contributed by atoms with Gasteiger partial charge in [-0.2, -0.15) is 0 Å². The molecule has 0 saturated carbocycles. The number of benzene rings is 2. The fourth-order valence-corrected chi connectivity index (χ4v) is 2.04. The Hall–Kier alpha value is -2.20. The molecule has 0 aliphatic heterocycles. The van der Waals surface area contributed by atoms with Gasteiger partial charge in [-0.3, -0.25) is 0 Å². The Morgan fingerprint density at radius 1 is 0.952 bits per heavy atom. The molecule has 0 heterocycles. The Labute approximate surface area is 124 Å². The number of methoxy groups -OCH3 is 2. The average molecular weight is 288 g/mol. The van der Waals surface area contributed by atoms with Gasteiger partial charge in [-0.15, -0.1) is 0 Å². The molecule has 2 rings (SSSR count). The second-order valence-corrected chi connectivity index (χ2v) is 4.69. The van der Waals surface area contributed by atoms with E-state index in [1.165, 1.54) is 0 Å². The zero-order valence-corrected chi connectivity index (χ0v) is 12.5. The molecule has 0 amide bonds. The third kappa shape index (κ3) is 3.67. The molecule has 0 saturated heterocycles. The Bertz CT molecular complexity index is 593. The molecule has 0 radical (unpaired) electrons. The molecule has 0 unspecified atom stereocenters. The van der Waals surface area contributed by atoms with Gasteiger partial charge in [0, 0.05) is 5.56 Å². The quantitative estimate of drug-likeness (QED) is 0.885. The molecular weight excluding hydrogens is 268 g/mol. The molecule has 2 aromatic carbocycles. The highest BCUT2D eigenvalue weighted by atomic mass is 16.5. The molecule has 0 aromatic heterocycles. The van der Waals surface area contributed by atoms with E-state index in [1.807, 2.05) is 30.3 Å². The number of hydrogen-bond donors (Lipinski definition) is 1. The number of ether oxygens (including phenoxy) is 3. The fourth-order valence-electron chi connectivity index (χ4n) is 2.04. The first-order valence-corrected chi connectivity index (χ1v) is 6.76. The van der Waals surface area contributed by atoms with Crippen LogP contribution in [0.15, 0.2) is 42.5 Å². The minimum Gasteiger partial charge on any atom is -0.496 e. The van der Waals surface area contributed by atoms with Gasteiger partial charge in [-0.1, -0.05) is 24.3 Å². The molecule has 112 valence electrons. The van der Waals surface area contributed by atoms with Crippen molar-refractivity contribution in [2.45, 2.75) is 19.6 Å².